The highest BCUT2D eigenvalue weighted by Gasteiger charge is 2.52. The first-order valence-electron chi connectivity index (χ1n) is 7.78. The number of esters is 1. The maximum absolute atomic E-state index is 12.4. The Morgan fingerprint density at radius 2 is 2.00 bits per heavy atom. The summed E-state index contributed by atoms with van der Waals surface area (Å²) in [6.07, 6.45) is 7.37. The molecule has 2 rings (SSSR count). The fraction of sp³-hybridized carbons (Fsp3) is 0.600. The summed E-state index contributed by atoms with van der Waals surface area (Å²) in [6.45, 7) is 1.30. The number of allylic oxidation sites excluding steroid dienone is 1. The van der Waals surface area contributed by atoms with Crippen molar-refractivity contribution in [3.05, 3.63) is 12.2 Å². The molecule has 8 nitrogen and oxygen atoms in total. The van der Waals surface area contributed by atoms with Crippen LogP contribution < -0.4 is 10.7 Å². The van der Waals surface area contributed by atoms with Crippen molar-refractivity contribution in [2.24, 2.45) is 0 Å². The van der Waals surface area contributed by atoms with E-state index in [2.05, 4.69) is 10.7 Å². The fourth-order valence-corrected chi connectivity index (χ4v) is 2.77. The highest BCUT2D eigenvalue weighted by molar-refractivity contribution is 6.08. The minimum absolute atomic E-state index is 0.451. The van der Waals surface area contributed by atoms with Gasteiger partial charge in [0.15, 0.2) is 6.61 Å². The third-order valence-electron chi connectivity index (χ3n) is 3.94. The lowest BCUT2D eigenvalue weighted by Crippen LogP contribution is -2.51. The van der Waals surface area contributed by atoms with E-state index >= 15 is 0 Å². The molecule has 1 saturated carbocycles. The zero-order valence-corrected chi connectivity index (χ0v) is 13.1. The molecule has 0 unspecified atom stereocenters. The maximum atomic E-state index is 12.4. The highest BCUT2D eigenvalue weighted by atomic mass is 16.5. The second kappa shape index (κ2) is 7.26. The molecule has 0 radical (unpaired) electrons. The Balaban J connectivity index is 1.88. The largest absolute Gasteiger partial charge is 0.452 e. The van der Waals surface area contributed by atoms with Gasteiger partial charge in [0.05, 0.1) is 0 Å². The number of ether oxygens (including phenoxy) is 1. The van der Waals surface area contributed by atoms with Crippen molar-refractivity contribution < 1.29 is 23.9 Å². The Labute approximate surface area is 134 Å². The molecule has 1 spiro atoms. The van der Waals surface area contributed by atoms with E-state index in [9.17, 15) is 19.2 Å². The third-order valence-corrected chi connectivity index (χ3v) is 3.94. The van der Waals surface area contributed by atoms with Gasteiger partial charge in [0, 0.05) is 6.08 Å². The van der Waals surface area contributed by atoms with Crippen LogP contribution in [0, 0.1) is 0 Å². The zero-order chi connectivity index (χ0) is 16.9. The first-order valence-corrected chi connectivity index (χ1v) is 7.78. The van der Waals surface area contributed by atoms with E-state index in [1.165, 1.54) is 6.08 Å². The predicted molar refractivity (Wildman–Crippen MR) is 79.7 cm³/mol. The Morgan fingerprint density at radius 3 is 2.65 bits per heavy atom. The van der Waals surface area contributed by atoms with Crippen molar-refractivity contribution in [1.82, 2.24) is 15.8 Å². The van der Waals surface area contributed by atoms with Gasteiger partial charge in [-0.15, -0.1) is 0 Å². The molecule has 0 aromatic rings. The molecule has 2 aliphatic rings. The summed E-state index contributed by atoms with van der Waals surface area (Å²) >= 11 is 0. The molecule has 0 aromatic carbocycles. The first kappa shape index (κ1) is 17.0. The molecule has 0 atom stereocenters. The SMILES string of the molecule is CC/C=C/C(=O)OCC(=O)NN1C(=O)NC2(CCCCC2)C1=O. The van der Waals surface area contributed by atoms with E-state index in [1.807, 2.05) is 6.92 Å². The van der Waals surface area contributed by atoms with Crippen molar-refractivity contribution in [2.75, 3.05) is 6.61 Å². The monoisotopic (exact) mass is 323 g/mol. The molecule has 2 fully saturated rings. The van der Waals surface area contributed by atoms with Gasteiger partial charge in [0.1, 0.15) is 5.54 Å². The lowest BCUT2D eigenvalue weighted by atomic mass is 9.82. The Morgan fingerprint density at radius 1 is 1.30 bits per heavy atom. The Hall–Kier alpha value is -2.38. The van der Waals surface area contributed by atoms with Crippen LogP contribution in [0.2, 0.25) is 0 Å². The lowest BCUT2D eigenvalue weighted by Gasteiger charge is -2.30. The van der Waals surface area contributed by atoms with Crippen molar-refractivity contribution >= 4 is 23.8 Å². The van der Waals surface area contributed by atoms with Gasteiger partial charge in [-0.2, -0.15) is 5.01 Å². The third kappa shape index (κ3) is 3.88. The Kier molecular flexibility index (Phi) is 5.36. The van der Waals surface area contributed by atoms with E-state index in [0.717, 1.165) is 19.3 Å². The average Bonchev–Trinajstić information content (AvgIpc) is 2.76. The second-order valence-electron chi connectivity index (χ2n) is 5.67. The van der Waals surface area contributed by atoms with Gasteiger partial charge in [-0.05, 0) is 19.3 Å². The van der Waals surface area contributed by atoms with Crippen molar-refractivity contribution in [2.45, 2.75) is 51.0 Å². The minimum atomic E-state index is -0.900. The van der Waals surface area contributed by atoms with Crippen LogP contribution in [0.15, 0.2) is 12.2 Å². The summed E-state index contributed by atoms with van der Waals surface area (Å²) in [5, 5.41) is 3.35. The number of hydrogen-bond acceptors (Lipinski definition) is 5. The minimum Gasteiger partial charge on any atom is -0.452 e. The van der Waals surface area contributed by atoms with Gasteiger partial charge in [0.25, 0.3) is 11.8 Å². The first-order chi connectivity index (χ1) is 11.0. The summed E-state index contributed by atoms with van der Waals surface area (Å²) < 4.78 is 4.72. The number of carbonyl (C=O) groups excluding carboxylic acids is 4. The van der Waals surface area contributed by atoms with E-state index in [1.54, 1.807) is 6.08 Å². The van der Waals surface area contributed by atoms with E-state index in [0.29, 0.717) is 24.3 Å². The molecular weight excluding hydrogens is 302 g/mol. The number of imide groups is 1. The van der Waals surface area contributed by atoms with Crippen molar-refractivity contribution in [1.29, 1.82) is 0 Å². The lowest BCUT2D eigenvalue weighted by molar-refractivity contribution is -0.147. The topological polar surface area (TPSA) is 105 Å². The van der Waals surface area contributed by atoms with Gasteiger partial charge in [-0.25, -0.2) is 9.59 Å². The second-order valence-corrected chi connectivity index (χ2v) is 5.67. The standard InChI is InChI=1S/C15H21N3O5/c1-2-3-7-12(20)23-10-11(19)17-18-13(21)15(16-14(18)22)8-5-4-6-9-15/h3,7H,2,4-6,8-10H2,1H3,(H,16,22)(H,17,19)/b7-3+. The van der Waals surface area contributed by atoms with Crippen LogP contribution in [0.3, 0.4) is 0 Å². The number of amides is 4. The van der Waals surface area contributed by atoms with Gasteiger partial charge in [-0.1, -0.05) is 32.3 Å². The molecule has 2 N–H and O–H groups in total. The number of urea groups is 1. The summed E-state index contributed by atoms with van der Waals surface area (Å²) in [5.74, 6) is -1.84. The fourth-order valence-electron chi connectivity index (χ4n) is 2.77. The van der Waals surface area contributed by atoms with E-state index < -0.39 is 36.0 Å². The smallest absolute Gasteiger partial charge is 0.344 e. The number of hydrogen-bond donors (Lipinski definition) is 2. The summed E-state index contributed by atoms with van der Waals surface area (Å²) in [7, 11) is 0. The van der Waals surface area contributed by atoms with Crippen molar-refractivity contribution in [3.8, 4) is 0 Å². The molecule has 23 heavy (non-hydrogen) atoms. The molecular formula is C15H21N3O5. The average molecular weight is 323 g/mol. The molecule has 4 amide bonds. The van der Waals surface area contributed by atoms with E-state index in [4.69, 9.17) is 4.74 Å². The van der Waals surface area contributed by atoms with Gasteiger partial charge >= 0.3 is 12.0 Å². The van der Waals surface area contributed by atoms with Gasteiger partial charge in [-0.3, -0.25) is 15.0 Å². The van der Waals surface area contributed by atoms with Crippen LogP contribution in [0.5, 0.6) is 0 Å². The normalized spacial score (nSPS) is 20.0. The highest BCUT2D eigenvalue weighted by Crippen LogP contribution is 2.32. The van der Waals surface area contributed by atoms with E-state index in [-0.39, 0.29) is 0 Å². The van der Waals surface area contributed by atoms with Crippen LogP contribution >= 0.6 is 0 Å². The molecule has 0 aromatic heterocycles. The molecule has 1 saturated heterocycles. The van der Waals surface area contributed by atoms with Crippen LogP contribution in [0.4, 0.5) is 4.79 Å². The molecule has 1 heterocycles. The summed E-state index contributed by atoms with van der Waals surface area (Å²) in [6, 6.07) is -0.651. The molecule has 1 aliphatic carbocycles. The number of hydrazine groups is 1. The zero-order valence-electron chi connectivity index (χ0n) is 13.1. The molecule has 8 heteroatoms. The van der Waals surface area contributed by atoms with Crippen LogP contribution in [-0.2, 0) is 19.1 Å². The number of rotatable bonds is 5. The van der Waals surface area contributed by atoms with Crippen LogP contribution in [-0.4, -0.2) is 41.0 Å². The number of nitrogens with one attached hydrogen (secondary N) is 2. The van der Waals surface area contributed by atoms with Gasteiger partial charge < -0.3 is 10.1 Å². The molecule has 1 aliphatic heterocycles. The predicted octanol–water partition coefficient (Wildman–Crippen LogP) is 0.782. The van der Waals surface area contributed by atoms with Crippen molar-refractivity contribution in [3.63, 3.8) is 0 Å². The summed E-state index contributed by atoms with van der Waals surface area (Å²) in [5.41, 5.74) is 1.29. The van der Waals surface area contributed by atoms with Crippen LogP contribution in [0.25, 0.3) is 0 Å². The molecule has 0 bridgehead atoms. The Bertz CT molecular complexity index is 537. The molecule has 126 valence electrons. The quantitative estimate of drug-likeness (QED) is 0.442. The maximum Gasteiger partial charge on any atom is 0.344 e. The number of nitrogens with zero attached hydrogens (tertiary/aromatic N) is 1. The van der Waals surface area contributed by atoms with Crippen LogP contribution in [0.1, 0.15) is 45.4 Å². The summed E-state index contributed by atoms with van der Waals surface area (Å²) in [4.78, 5) is 47.4. The number of carbonyl (C=O) groups is 4. The van der Waals surface area contributed by atoms with Gasteiger partial charge in [0.2, 0.25) is 0 Å².